The highest BCUT2D eigenvalue weighted by Gasteiger charge is 2.32. The van der Waals surface area contributed by atoms with Crippen LogP contribution in [0.5, 0.6) is 0 Å². The molecule has 1 aliphatic heterocycles. The average Bonchev–Trinajstić information content (AvgIpc) is 2.57. The van der Waals surface area contributed by atoms with Gasteiger partial charge in [-0.05, 0) is 30.2 Å². The van der Waals surface area contributed by atoms with E-state index >= 15 is 0 Å². The number of amides is 1. The Kier molecular flexibility index (Phi) is 4.81. The first kappa shape index (κ1) is 19.1. The Morgan fingerprint density at radius 3 is 2.56 bits per heavy atom. The molecule has 3 rings (SSSR count). The lowest BCUT2D eigenvalue weighted by molar-refractivity contribution is -0.138. The van der Waals surface area contributed by atoms with Gasteiger partial charge in [-0.25, -0.2) is 4.39 Å². The molecule has 0 radical (unpaired) electrons. The molecule has 2 aromatic rings. The Hall–Kier alpha value is -2.68. The van der Waals surface area contributed by atoms with Crippen LogP contribution in [0.3, 0.4) is 0 Å². The van der Waals surface area contributed by atoms with Gasteiger partial charge in [0.1, 0.15) is 10.8 Å². The van der Waals surface area contributed by atoms with E-state index in [1.54, 1.807) is 0 Å². The SMILES string of the molecule is O=C1CCc2cc(C(=O)Cn3cc(C(F)(F)F)cc(Cl)c3=O)c(F)cc2N1. The summed E-state index contributed by atoms with van der Waals surface area (Å²) in [5, 5.41) is 1.77. The largest absolute Gasteiger partial charge is 0.417 e. The minimum Gasteiger partial charge on any atom is -0.326 e. The van der Waals surface area contributed by atoms with E-state index in [2.05, 4.69) is 5.32 Å². The van der Waals surface area contributed by atoms with Gasteiger partial charge in [0.05, 0.1) is 17.7 Å². The maximum absolute atomic E-state index is 14.2. The van der Waals surface area contributed by atoms with Gasteiger partial charge < -0.3 is 9.88 Å². The third-order valence-electron chi connectivity index (χ3n) is 4.07. The maximum Gasteiger partial charge on any atom is 0.417 e. The molecule has 1 aromatic heterocycles. The lowest BCUT2D eigenvalue weighted by Crippen LogP contribution is -2.27. The Balaban J connectivity index is 1.96. The third-order valence-corrected chi connectivity index (χ3v) is 4.34. The summed E-state index contributed by atoms with van der Waals surface area (Å²) in [5.74, 6) is -2.14. The van der Waals surface area contributed by atoms with Crippen LogP contribution in [0.2, 0.25) is 5.02 Å². The van der Waals surface area contributed by atoms with Crippen LogP contribution < -0.4 is 10.9 Å². The fraction of sp³-hybridized carbons (Fsp3) is 0.235. The Bertz CT molecular complexity index is 1010. The van der Waals surface area contributed by atoms with Gasteiger partial charge in [-0.15, -0.1) is 0 Å². The topological polar surface area (TPSA) is 68.2 Å². The van der Waals surface area contributed by atoms with Crippen molar-refractivity contribution in [2.24, 2.45) is 0 Å². The number of Topliss-reactive ketones (excluding diaryl/α,β-unsaturated/α-hetero) is 1. The van der Waals surface area contributed by atoms with Crippen molar-refractivity contribution in [2.75, 3.05) is 5.32 Å². The van der Waals surface area contributed by atoms with Crippen LogP contribution in [0.25, 0.3) is 0 Å². The van der Waals surface area contributed by atoms with Crippen molar-refractivity contribution in [1.29, 1.82) is 0 Å². The summed E-state index contributed by atoms with van der Waals surface area (Å²) >= 11 is 5.54. The number of fused-ring (bicyclic) bond motifs is 1. The number of aromatic nitrogens is 1. The minimum atomic E-state index is -4.77. The van der Waals surface area contributed by atoms with Crippen molar-refractivity contribution in [2.45, 2.75) is 25.6 Å². The zero-order chi connectivity index (χ0) is 19.9. The number of carbonyl (C=O) groups excluding carboxylic acids is 2. The lowest BCUT2D eigenvalue weighted by atomic mass is 9.98. The predicted molar refractivity (Wildman–Crippen MR) is 88.4 cm³/mol. The summed E-state index contributed by atoms with van der Waals surface area (Å²) in [7, 11) is 0. The normalized spacial score (nSPS) is 13.9. The number of hydrogen-bond donors (Lipinski definition) is 1. The summed E-state index contributed by atoms with van der Waals surface area (Å²) in [4.78, 5) is 35.7. The lowest BCUT2D eigenvalue weighted by Gasteiger charge is -2.18. The highest BCUT2D eigenvalue weighted by Crippen LogP contribution is 2.30. The van der Waals surface area contributed by atoms with Gasteiger partial charge in [-0.1, -0.05) is 11.6 Å². The number of nitrogens with one attached hydrogen (secondary N) is 1. The quantitative estimate of drug-likeness (QED) is 0.632. The molecule has 0 aliphatic carbocycles. The second-order valence-corrected chi connectivity index (χ2v) is 6.38. The number of ketones is 1. The molecule has 10 heteroatoms. The van der Waals surface area contributed by atoms with Crippen molar-refractivity contribution in [3.8, 4) is 0 Å². The van der Waals surface area contributed by atoms with Gasteiger partial charge in [0.2, 0.25) is 5.91 Å². The zero-order valence-electron chi connectivity index (χ0n) is 13.5. The molecular formula is C17H11ClF4N2O3. The first-order valence-corrected chi connectivity index (χ1v) is 8.06. The number of alkyl halides is 3. The molecular weight excluding hydrogens is 392 g/mol. The molecule has 1 aromatic carbocycles. The molecule has 0 fully saturated rings. The number of benzene rings is 1. The van der Waals surface area contributed by atoms with Crippen molar-refractivity contribution in [3.05, 3.63) is 62.3 Å². The molecule has 1 N–H and O–H groups in total. The number of anilines is 1. The fourth-order valence-corrected chi connectivity index (χ4v) is 2.95. The smallest absolute Gasteiger partial charge is 0.326 e. The van der Waals surface area contributed by atoms with Gasteiger partial charge in [-0.3, -0.25) is 14.4 Å². The van der Waals surface area contributed by atoms with Crippen LogP contribution in [0.4, 0.5) is 23.2 Å². The van der Waals surface area contributed by atoms with Crippen LogP contribution >= 0.6 is 11.6 Å². The first-order valence-electron chi connectivity index (χ1n) is 7.69. The second-order valence-electron chi connectivity index (χ2n) is 5.97. The van der Waals surface area contributed by atoms with Crippen molar-refractivity contribution >= 4 is 29.0 Å². The predicted octanol–water partition coefficient (Wildman–Crippen LogP) is 3.43. The molecule has 0 atom stereocenters. The number of nitrogens with zero attached hydrogens (tertiary/aromatic N) is 1. The van der Waals surface area contributed by atoms with Crippen LogP contribution in [-0.4, -0.2) is 16.3 Å². The zero-order valence-corrected chi connectivity index (χ0v) is 14.2. The molecule has 0 saturated carbocycles. The van der Waals surface area contributed by atoms with Crippen molar-refractivity contribution < 1.29 is 27.2 Å². The minimum absolute atomic E-state index is 0.162. The van der Waals surface area contributed by atoms with Crippen LogP contribution in [-0.2, 0) is 23.9 Å². The average molecular weight is 403 g/mol. The van der Waals surface area contributed by atoms with Gasteiger partial charge in [0, 0.05) is 18.3 Å². The molecule has 0 saturated heterocycles. The van der Waals surface area contributed by atoms with E-state index in [1.807, 2.05) is 0 Å². The molecule has 0 unspecified atom stereocenters. The number of halogens is 5. The van der Waals surface area contributed by atoms with E-state index in [0.717, 1.165) is 6.07 Å². The van der Waals surface area contributed by atoms with Gasteiger partial charge in [-0.2, -0.15) is 13.2 Å². The summed E-state index contributed by atoms with van der Waals surface area (Å²) in [6.45, 7) is -0.815. The van der Waals surface area contributed by atoms with E-state index < -0.39 is 40.5 Å². The Morgan fingerprint density at radius 1 is 1.19 bits per heavy atom. The number of pyridine rings is 1. The van der Waals surface area contributed by atoms with E-state index in [9.17, 15) is 31.9 Å². The number of rotatable bonds is 3. The number of hydrogen-bond acceptors (Lipinski definition) is 3. The van der Waals surface area contributed by atoms with Gasteiger partial charge in [0.25, 0.3) is 5.56 Å². The molecule has 5 nitrogen and oxygen atoms in total. The van der Waals surface area contributed by atoms with Crippen molar-refractivity contribution in [3.63, 3.8) is 0 Å². The van der Waals surface area contributed by atoms with Crippen LogP contribution in [0.1, 0.15) is 27.9 Å². The third kappa shape index (κ3) is 3.87. The Morgan fingerprint density at radius 2 is 1.89 bits per heavy atom. The first-order chi connectivity index (χ1) is 12.6. The summed E-state index contributed by atoms with van der Waals surface area (Å²) in [6, 6.07) is 2.67. The van der Waals surface area contributed by atoms with Crippen LogP contribution in [0, 0.1) is 5.82 Å². The molecule has 1 aliphatic rings. The molecule has 2 heterocycles. The molecule has 142 valence electrons. The fourth-order valence-electron chi connectivity index (χ4n) is 2.73. The standard InChI is InChI=1S/C17H11ClF4N2O3/c18-11-4-9(17(20,21)22)6-24(16(11)27)7-14(25)10-3-8-1-2-15(26)23-13(8)5-12(10)19/h3-6H,1-2,7H2,(H,23,26). The van der Waals surface area contributed by atoms with Crippen molar-refractivity contribution in [1.82, 2.24) is 4.57 Å². The van der Waals surface area contributed by atoms with E-state index in [4.69, 9.17) is 11.6 Å². The number of aryl methyl sites for hydroxylation is 1. The van der Waals surface area contributed by atoms with Gasteiger partial charge in [0.15, 0.2) is 5.78 Å². The number of carbonyl (C=O) groups is 2. The van der Waals surface area contributed by atoms with E-state index in [-0.39, 0.29) is 30.0 Å². The monoisotopic (exact) mass is 402 g/mol. The summed E-state index contributed by atoms with van der Waals surface area (Å²) in [5.41, 5.74) is -1.82. The highest BCUT2D eigenvalue weighted by molar-refractivity contribution is 6.30. The highest BCUT2D eigenvalue weighted by atomic mass is 35.5. The second kappa shape index (κ2) is 6.80. The molecule has 0 bridgehead atoms. The Labute approximate surface area is 154 Å². The van der Waals surface area contributed by atoms with Crippen LogP contribution in [0.15, 0.2) is 29.2 Å². The van der Waals surface area contributed by atoms with E-state index in [1.165, 1.54) is 6.07 Å². The summed E-state index contributed by atoms with van der Waals surface area (Å²) in [6.07, 6.45) is -3.86. The molecule has 27 heavy (non-hydrogen) atoms. The van der Waals surface area contributed by atoms with Gasteiger partial charge >= 0.3 is 6.18 Å². The summed E-state index contributed by atoms with van der Waals surface area (Å²) < 4.78 is 53.3. The molecule has 1 amide bonds. The maximum atomic E-state index is 14.2. The van der Waals surface area contributed by atoms with E-state index in [0.29, 0.717) is 22.4 Å². The molecule has 0 spiro atoms.